The highest BCUT2D eigenvalue weighted by molar-refractivity contribution is 5.67. The molecule has 0 atom stereocenters. The van der Waals surface area contributed by atoms with Crippen LogP contribution in [-0.2, 0) is 6.42 Å². The van der Waals surface area contributed by atoms with Crippen molar-refractivity contribution in [1.82, 2.24) is 5.32 Å². The van der Waals surface area contributed by atoms with Gasteiger partial charge in [0.05, 0.1) is 0 Å². The van der Waals surface area contributed by atoms with E-state index in [1.165, 1.54) is 16.7 Å². The molecule has 78 valence electrons. The fourth-order valence-corrected chi connectivity index (χ4v) is 1.91. The van der Waals surface area contributed by atoms with Crippen LogP contribution in [0.1, 0.15) is 23.1 Å². The lowest BCUT2D eigenvalue weighted by Crippen LogP contribution is -2.05. The van der Waals surface area contributed by atoms with Crippen LogP contribution in [0.5, 0.6) is 0 Å². The molecule has 0 unspecified atom stereocenters. The number of nitrogens with one attached hydrogen (secondary N) is 1. The molecule has 1 aliphatic rings. The van der Waals surface area contributed by atoms with Crippen molar-refractivity contribution in [2.75, 3.05) is 13.6 Å². The molecule has 1 N–H and O–H groups in total. The second-order valence-electron chi connectivity index (χ2n) is 3.82. The van der Waals surface area contributed by atoms with Gasteiger partial charge in [-0.1, -0.05) is 42.5 Å². The van der Waals surface area contributed by atoms with Crippen LogP contribution in [0.25, 0.3) is 12.2 Å². The van der Waals surface area contributed by atoms with E-state index in [4.69, 9.17) is 0 Å². The molecule has 0 bridgehead atoms. The van der Waals surface area contributed by atoms with Gasteiger partial charge in [0.1, 0.15) is 0 Å². The van der Waals surface area contributed by atoms with E-state index in [0.29, 0.717) is 0 Å². The molecule has 0 spiro atoms. The summed E-state index contributed by atoms with van der Waals surface area (Å²) in [5.41, 5.74) is 4.22. The molecule has 0 aliphatic heterocycles. The molecule has 15 heavy (non-hydrogen) atoms. The summed E-state index contributed by atoms with van der Waals surface area (Å²) < 4.78 is 0. The third kappa shape index (κ3) is 2.37. The molecule has 1 nitrogen and oxygen atoms in total. The lowest BCUT2D eigenvalue weighted by atomic mass is 10.0. The highest BCUT2D eigenvalue weighted by Crippen LogP contribution is 2.23. The quantitative estimate of drug-likeness (QED) is 0.735. The first kappa shape index (κ1) is 10.2. The maximum atomic E-state index is 3.14. The number of allylic oxidation sites excluding steroid dienone is 1. The lowest BCUT2D eigenvalue weighted by Gasteiger charge is -2.03. The highest BCUT2D eigenvalue weighted by atomic mass is 14.8. The van der Waals surface area contributed by atoms with Crippen molar-refractivity contribution in [2.24, 2.45) is 0 Å². The molecule has 0 saturated carbocycles. The lowest BCUT2D eigenvalue weighted by molar-refractivity contribution is 0.809. The number of fused-ring (bicyclic) bond motifs is 1. The summed E-state index contributed by atoms with van der Waals surface area (Å²) in [6.07, 6.45) is 11.1. The van der Waals surface area contributed by atoms with Gasteiger partial charge in [0, 0.05) is 0 Å². The van der Waals surface area contributed by atoms with Crippen LogP contribution in [0, 0.1) is 0 Å². The summed E-state index contributed by atoms with van der Waals surface area (Å²) in [7, 11) is 1.98. The molecule has 0 saturated heterocycles. The van der Waals surface area contributed by atoms with Crippen molar-refractivity contribution in [2.45, 2.75) is 12.8 Å². The first-order valence-corrected chi connectivity index (χ1v) is 5.51. The van der Waals surface area contributed by atoms with Crippen LogP contribution >= 0.6 is 0 Å². The van der Waals surface area contributed by atoms with Gasteiger partial charge in [-0.15, -0.1) is 0 Å². The zero-order valence-corrected chi connectivity index (χ0v) is 9.16. The Labute approximate surface area is 91.5 Å². The summed E-state index contributed by atoms with van der Waals surface area (Å²) in [6.45, 7) is 1.05. The van der Waals surface area contributed by atoms with Gasteiger partial charge >= 0.3 is 0 Å². The Morgan fingerprint density at radius 3 is 3.20 bits per heavy atom. The fourth-order valence-electron chi connectivity index (χ4n) is 1.91. The van der Waals surface area contributed by atoms with Gasteiger partial charge in [-0.05, 0) is 43.1 Å². The molecular formula is C14H17N. The van der Waals surface area contributed by atoms with Crippen molar-refractivity contribution in [1.29, 1.82) is 0 Å². The van der Waals surface area contributed by atoms with Gasteiger partial charge in [-0.2, -0.15) is 0 Å². The largest absolute Gasteiger partial charge is 0.319 e. The highest BCUT2D eigenvalue weighted by Gasteiger charge is 2.06. The number of benzene rings is 1. The minimum atomic E-state index is 1.05. The van der Waals surface area contributed by atoms with Crippen LogP contribution in [0.3, 0.4) is 0 Å². The molecular weight excluding hydrogens is 182 g/mol. The van der Waals surface area contributed by atoms with Gasteiger partial charge in [0.15, 0.2) is 0 Å². The summed E-state index contributed by atoms with van der Waals surface area (Å²) in [5.74, 6) is 0. The zero-order chi connectivity index (χ0) is 10.5. The van der Waals surface area contributed by atoms with Gasteiger partial charge in [0.2, 0.25) is 0 Å². The van der Waals surface area contributed by atoms with Gasteiger partial charge < -0.3 is 5.32 Å². The Kier molecular flexibility index (Phi) is 3.36. The minimum Gasteiger partial charge on any atom is -0.319 e. The molecule has 0 amide bonds. The summed E-state index contributed by atoms with van der Waals surface area (Å²) in [6, 6.07) is 6.51. The SMILES string of the molecule is CNCCC=Cc1cccc2c1CC=C2. The third-order valence-electron chi connectivity index (χ3n) is 2.73. The molecule has 1 aliphatic carbocycles. The summed E-state index contributed by atoms with van der Waals surface area (Å²) >= 11 is 0. The van der Waals surface area contributed by atoms with E-state index in [2.05, 4.69) is 47.8 Å². The van der Waals surface area contributed by atoms with Crippen LogP contribution in [0.2, 0.25) is 0 Å². The van der Waals surface area contributed by atoms with Crippen molar-refractivity contribution < 1.29 is 0 Å². The predicted molar refractivity (Wildman–Crippen MR) is 66.8 cm³/mol. The number of hydrogen-bond donors (Lipinski definition) is 1. The fraction of sp³-hybridized carbons (Fsp3) is 0.286. The van der Waals surface area contributed by atoms with Crippen LogP contribution in [0.15, 0.2) is 30.4 Å². The van der Waals surface area contributed by atoms with Crippen molar-refractivity contribution in [3.8, 4) is 0 Å². The second kappa shape index (κ2) is 4.94. The Bertz CT molecular complexity index is 388. The topological polar surface area (TPSA) is 12.0 Å². The molecule has 0 fully saturated rings. The van der Waals surface area contributed by atoms with Crippen molar-refractivity contribution in [3.05, 3.63) is 47.0 Å². The first-order chi connectivity index (χ1) is 7.42. The normalized spacial score (nSPS) is 13.7. The van der Waals surface area contributed by atoms with E-state index >= 15 is 0 Å². The zero-order valence-electron chi connectivity index (χ0n) is 9.16. The summed E-state index contributed by atoms with van der Waals surface area (Å²) in [4.78, 5) is 0. The van der Waals surface area contributed by atoms with E-state index in [1.54, 1.807) is 0 Å². The Morgan fingerprint density at radius 1 is 1.40 bits per heavy atom. The van der Waals surface area contributed by atoms with E-state index in [0.717, 1.165) is 19.4 Å². The average Bonchev–Trinajstić information content (AvgIpc) is 2.73. The van der Waals surface area contributed by atoms with Crippen molar-refractivity contribution in [3.63, 3.8) is 0 Å². The number of hydrogen-bond acceptors (Lipinski definition) is 1. The average molecular weight is 199 g/mol. The van der Waals surface area contributed by atoms with Crippen molar-refractivity contribution >= 4 is 12.2 Å². The molecule has 1 heteroatoms. The van der Waals surface area contributed by atoms with Crippen LogP contribution < -0.4 is 5.32 Å². The van der Waals surface area contributed by atoms with Gasteiger partial charge in [-0.25, -0.2) is 0 Å². The Balaban J connectivity index is 2.10. The predicted octanol–water partition coefficient (Wildman–Crippen LogP) is 2.88. The maximum Gasteiger partial charge on any atom is -0.00172 e. The molecule has 0 heterocycles. The van der Waals surface area contributed by atoms with Gasteiger partial charge in [0.25, 0.3) is 0 Å². The van der Waals surface area contributed by atoms with E-state index < -0.39 is 0 Å². The third-order valence-corrected chi connectivity index (χ3v) is 2.73. The monoisotopic (exact) mass is 199 g/mol. The standard InChI is InChI=1S/C14H17N/c1-15-11-3-2-6-12-7-4-8-13-9-5-10-14(12)13/h2,4-9,15H,3,10-11H2,1H3. The maximum absolute atomic E-state index is 3.14. The minimum absolute atomic E-state index is 1.05. The number of rotatable bonds is 4. The second-order valence-corrected chi connectivity index (χ2v) is 3.82. The smallest absolute Gasteiger partial charge is 0.00172 e. The molecule has 1 aromatic carbocycles. The Morgan fingerprint density at radius 2 is 2.33 bits per heavy atom. The molecule has 0 aromatic heterocycles. The molecule has 2 rings (SSSR count). The van der Waals surface area contributed by atoms with Crippen LogP contribution in [0.4, 0.5) is 0 Å². The Hall–Kier alpha value is -1.34. The van der Waals surface area contributed by atoms with Gasteiger partial charge in [-0.3, -0.25) is 0 Å². The van der Waals surface area contributed by atoms with Crippen LogP contribution in [-0.4, -0.2) is 13.6 Å². The summed E-state index contributed by atoms with van der Waals surface area (Å²) in [5, 5.41) is 3.14. The first-order valence-electron chi connectivity index (χ1n) is 5.51. The van der Waals surface area contributed by atoms with E-state index in [1.807, 2.05) is 7.05 Å². The van der Waals surface area contributed by atoms with E-state index in [-0.39, 0.29) is 0 Å². The molecule has 0 radical (unpaired) electrons. The molecule has 1 aromatic rings. The van der Waals surface area contributed by atoms with E-state index in [9.17, 15) is 0 Å².